The zero-order chi connectivity index (χ0) is 27.8. The fraction of sp³-hybridized carbons (Fsp3) is 0.714. The second kappa shape index (κ2) is 17.4. The molecule has 0 aromatic heterocycles. The molecule has 11 N–H and O–H groups in total. The van der Waals surface area contributed by atoms with E-state index in [0.717, 1.165) is 0 Å². The minimum absolute atomic E-state index is 0.0651. The number of carboxylic acid groups (broad SMARTS) is 2. The van der Waals surface area contributed by atoms with E-state index < -0.39 is 60.2 Å². The molecule has 0 aliphatic rings. The Bertz CT molecular complexity index is 793. The van der Waals surface area contributed by atoms with Crippen LogP contribution in [0.2, 0.25) is 0 Å². The lowest BCUT2D eigenvalue weighted by Crippen LogP contribution is -2.58. The summed E-state index contributed by atoms with van der Waals surface area (Å²) < 4.78 is 0. The Balaban J connectivity index is 5.63. The van der Waals surface area contributed by atoms with Crippen LogP contribution in [0.3, 0.4) is 0 Å². The van der Waals surface area contributed by atoms with Crippen molar-refractivity contribution >= 4 is 47.4 Å². The van der Waals surface area contributed by atoms with E-state index in [0.29, 0.717) is 12.2 Å². The van der Waals surface area contributed by atoms with Crippen molar-refractivity contribution in [3.63, 3.8) is 0 Å². The lowest BCUT2D eigenvalue weighted by Gasteiger charge is -2.26. The molecule has 0 radical (unpaired) electrons. The van der Waals surface area contributed by atoms with Gasteiger partial charge in [-0.05, 0) is 37.2 Å². The van der Waals surface area contributed by atoms with Gasteiger partial charge in [0, 0.05) is 6.54 Å². The Hall–Kier alpha value is -3.07. The molecule has 0 saturated heterocycles. The van der Waals surface area contributed by atoms with Crippen LogP contribution in [-0.4, -0.2) is 88.6 Å². The molecule has 14 nitrogen and oxygen atoms in total. The van der Waals surface area contributed by atoms with E-state index in [2.05, 4.69) is 20.9 Å². The topological polar surface area (TPSA) is 252 Å². The van der Waals surface area contributed by atoms with Gasteiger partial charge in [0.25, 0.3) is 0 Å². The Morgan fingerprint density at radius 1 is 0.944 bits per heavy atom. The molecule has 0 saturated carbocycles. The maximum Gasteiger partial charge on any atom is 0.326 e. The van der Waals surface area contributed by atoms with E-state index in [4.69, 9.17) is 22.3 Å². The first kappa shape index (κ1) is 32.9. The smallest absolute Gasteiger partial charge is 0.326 e. The van der Waals surface area contributed by atoms with Crippen LogP contribution in [0.15, 0.2) is 4.99 Å². The number of nitrogens with one attached hydrogen (secondary N) is 3. The minimum atomic E-state index is -1.39. The molecule has 0 heterocycles. The summed E-state index contributed by atoms with van der Waals surface area (Å²) in [6.45, 7) is 3.65. The van der Waals surface area contributed by atoms with Crippen molar-refractivity contribution in [3.05, 3.63) is 0 Å². The van der Waals surface area contributed by atoms with Crippen molar-refractivity contribution in [1.29, 1.82) is 0 Å². The van der Waals surface area contributed by atoms with Crippen molar-refractivity contribution in [2.24, 2.45) is 28.1 Å². The number of amides is 3. The maximum atomic E-state index is 13.1. The van der Waals surface area contributed by atoms with Gasteiger partial charge in [-0.3, -0.25) is 24.2 Å². The predicted octanol–water partition coefficient (Wildman–Crippen LogP) is -1.82. The summed E-state index contributed by atoms with van der Waals surface area (Å²) in [6, 6.07) is -4.76. The molecule has 206 valence electrons. The van der Waals surface area contributed by atoms with Crippen LogP contribution in [0.5, 0.6) is 0 Å². The normalized spacial score (nSPS) is 14.9. The second-order valence-electron chi connectivity index (χ2n) is 8.27. The molecule has 0 aliphatic heterocycles. The number of carbonyl (C=O) groups is 5. The zero-order valence-electron chi connectivity index (χ0n) is 20.9. The van der Waals surface area contributed by atoms with Gasteiger partial charge in [0.05, 0.1) is 12.5 Å². The standard InChI is InChI=1S/C21H39N7O7S/c1-4-11(2)16(20(34)35)28-19(33)14(7-9-36-3)27-18(32)13(6-5-8-25-21(23)24)26-17(31)12(22)10-15(29)30/h11-14,16H,4-10,22H2,1-3H3,(H,26,31)(H,27,32)(H,28,33)(H,29,30)(H,34,35)(H4,23,24,25). The largest absolute Gasteiger partial charge is 0.481 e. The van der Waals surface area contributed by atoms with Crippen molar-refractivity contribution in [1.82, 2.24) is 16.0 Å². The monoisotopic (exact) mass is 533 g/mol. The van der Waals surface area contributed by atoms with Crippen LogP contribution in [0.1, 0.15) is 46.0 Å². The summed E-state index contributed by atoms with van der Waals surface area (Å²) in [5, 5.41) is 25.8. The molecular formula is C21H39N7O7S. The van der Waals surface area contributed by atoms with Crippen LogP contribution in [-0.2, 0) is 24.0 Å². The van der Waals surface area contributed by atoms with Crippen LogP contribution in [0.4, 0.5) is 0 Å². The fourth-order valence-corrected chi connectivity index (χ4v) is 3.52. The minimum Gasteiger partial charge on any atom is -0.481 e. The lowest BCUT2D eigenvalue weighted by atomic mass is 9.98. The van der Waals surface area contributed by atoms with Gasteiger partial charge in [-0.25, -0.2) is 4.79 Å². The van der Waals surface area contributed by atoms with E-state index in [1.54, 1.807) is 13.8 Å². The molecule has 0 rings (SSSR count). The number of nitrogens with zero attached hydrogens (tertiary/aromatic N) is 1. The Morgan fingerprint density at radius 2 is 1.50 bits per heavy atom. The maximum absolute atomic E-state index is 13.1. The summed E-state index contributed by atoms with van der Waals surface area (Å²) in [4.78, 5) is 64.6. The molecule has 0 bridgehead atoms. The average Bonchev–Trinajstić information content (AvgIpc) is 2.80. The van der Waals surface area contributed by atoms with Gasteiger partial charge in [0.1, 0.15) is 18.1 Å². The third-order valence-corrected chi connectivity index (χ3v) is 5.97. The van der Waals surface area contributed by atoms with Gasteiger partial charge in [0.2, 0.25) is 17.7 Å². The number of aliphatic imine (C=N–C) groups is 1. The van der Waals surface area contributed by atoms with Gasteiger partial charge < -0.3 is 43.4 Å². The number of hydrogen-bond donors (Lipinski definition) is 8. The molecule has 3 amide bonds. The highest BCUT2D eigenvalue weighted by atomic mass is 32.2. The number of hydrogen-bond acceptors (Lipinski definition) is 8. The Labute approximate surface area is 214 Å². The molecule has 5 atom stereocenters. The molecule has 0 aromatic rings. The number of carbonyl (C=O) groups excluding carboxylic acids is 3. The summed E-state index contributed by atoms with van der Waals surface area (Å²) in [6.07, 6.45) is 2.24. The van der Waals surface area contributed by atoms with Crippen LogP contribution in [0, 0.1) is 5.92 Å². The molecule has 0 aliphatic carbocycles. The summed E-state index contributed by atoms with van der Waals surface area (Å²) in [5.74, 6) is -4.71. The number of nitrogens with two attached hydrogens (primary N) is 3. The first-order valence-corrected chi connectivity index (χ1v) is 12.9. The van der Waals surface area contributed by atoms with Crippen LogP contribution >= 0.6 is 11.8 Å². The zero-order valence-corrected chi connectivity index (χ0v) is 21.7. The van der Waals surface area contributed by atoms with Gasteiger partial charge in [-0.1, -0.05) is 20.3 Å². The number of rotatable bonds is 18. The average molecular weight is 534 g/mol. The third-order valence-electron chi connectivity index (χ3n) is 5.33. The van der Waals surface area contributed by atoms with E-state index in [1.165, 1.54) is 11.8 Å². The van der Waals surface area contributed by atoms with Gasteiger partial charge >= 0.3 is 11.9 Å². The van der Waals surface area contributed by atoms with E-state index in [-0.39, 0.29) is 37.7 Å². The molecule has 36 heavy (non-hydrogen) atoms. The third kappa shape index (κ3) is 13.1. The number of aliphatic carboxylic acids is 2. The van der Waals surface area contributed by atoms with Crippen LogP contribution < -0.4 is 33.2 Å². The number of thioether (sulfide) groups is 1. The lowest BCUT2D eigenvalue weighted by molar-refractivity contribution is -0.143. The molecule has 15 heteroatoms. The second-order valence-corrected chi connectivity index (χ2v) is 9.25. The summed E-state index contributed by atoms with van der Waals surface area (Å²) in [5.41, 5.74) is 16.2. The highest BCUT2D eigenvalue weighted by molar-refractivity contribution is 7.98. The quantitative estimate of drug-likeness (QED) is 0.0553. The molecule has 5 unspecified atom stereocenters. The molecular weight excluding hydrogens is 494 g/mol. The summed E-state index contributed by atoms with van der Waals surface area (Å²) >= 11 is 1.43. The number of carboxylic acids is 2. The van der Waals surface area contributed by atoms with E-state index in [9.17, 15) is 29.1 Å². The molecule has 0 fully saturated rings. The molecule has 0 spiro atoms. The van der Waals surface area contributed by atoms with Gasteiger partial charge in [-0.15, -0.1) is 0 Å². The van der Waals surface area contributed by atoms with Crippen molar-refractivity contribution in [3.8, 4) is 0 Å². The molecule has 0 aromatic carbocycles. The Kier molecular flexibility index (Phi) is 15.9. The summed E-state index contributed by atoms with van der Waals surface area (Å²) in [7, 11) is 0. The fourth-order valence-electron chi connectivity index (χ4n) is 3.05. The highest BCUT2D eigenvalue weighted by Gasteiger charge is 2.31. The highest BCUT2D eigenvalue weighted by Crippen LogP contribution is 2.10. The van der Waals surface area contributed by atoms with Crippen molar-refractivity contribution in [2.75, 3.05) is 18.6 Å². The van der Waals surface area contributed by atoms with E-state index >= 15 is 0 Å². The first-order chi connectivity index (χ1) is 16.8. The Morgan fingerprint density at radius 3 is 2.00 bits per heavy atom. The van der Waals surface area contributed by atoms with Crippen LogP contribution in [0.25, 0.3) is 0 Å². The SMILES string of the molecule is CCC(C)C(NC(=O)C(CCSC)NC(=O)C(CCCN=C(N)N)NC(=O)C(N)CC(=O)O)C(=O)O. The number of guanidine groups is 1. The predicted molar refractivity (Wildman–Crippen MR) is 136 cm³/mol. The van der Waals surface area contributed by atoms with E-state index in [1.807, 2.05) is 6.26 Å². The van der Waals surface area contributed by atoms with Gasteiger partial charge in [-0.2, -0.15) is 11.8 Å². The van der Waals surface area contributed by atoms with Crippen molar-refractivity contribution in [2.45, 2.75) is 70.1 Å². The first-order valence-electron chi connectivity index (χ1n) is 11.5. The van der Waals surface area contributed by atoms with Gasteiger partial charge in [0.15, 0.2) is 5.96 Å². The van der Waals surface area contributed by atoms with Crippen molar-refractivity contribution < 1.29 is 34.2 Å².